The molecule has 0 aliphatic carbocycles. The fourth-order valence-electron chi connectivity index (χ4n) is 3.19. The van der Waals surface area contributed by atoms with Gasteiger partial charge in [0.05, 0.1) is 6.54 Å². The summed E-state index contributed by atoms with van der Waals surface area (Å²) in [6.07, 6.45) is 0. The van der Waals surface area contributed by atoms with Crippen LogP contribution in [0, 0.1) is 0 Å². The molecule has 0 spiro atoms. The Kier molecular flexibility index (Phi) is 7.55. The van der Waals surface area contributed by atoms with Crippen molar-refractivity contribution in [2.75, 3.05) is 12.3 Å². The van der Waals surface area contributed by atoms with E-state index in [2.05, 4.69) is 52.8 Å². The minimum absolute atomic E-state index is 0.205. The number of hydrogen-bond acceptors (Lipinski definition) is 4. The van der Waals surface area contributed by atoms with E-state index >= 15 is 0 Å². The molecule has 0 saturated heterocycles. The third kappa shape index (κ3) is 6.22. The van der Waals surface area contributed by atoms with E-state index in [4.69, 9.17) is 4.74 Å². The number of fused-ring (bicyclic) bond motifs is 1. The summed E-state index contributed by atoms with van der Waals surface area (Å²) in [5.41, 5.74) is 1.85. The van der Waals surface area contributed by atoms with Gasteiger partial charge in [0.2, 0.25) is 0 Å². The number of thioether (sulfide) groups is 1. The molecule has 0 saturated carbocycles. The molecule has 0 radical (unpaired) electrons. The first-order valence-electron chi connectivity index (χ1n) is 10.5. The van der Waals surface area contributed by atoms with Crippen LogP contribution in [0.15, 0.2) is 108 Å². The van der Waals surface area contributed by atoms with E-state index < -0.39 is 0 Å². The molecule has 32 heavy (non-hydrogen) atoms. The normalized spacial score (nSPS) is 11.3. The molecule has 160 valence electrons. The Balaban J connectivity index is 1.35. The van der Waals surface area contributed by atoms with Gasteiger partial charge in [-0.1, -0.05) is 78.9 Å². The second-order valence-corrected chi connectivity index (χ2v) is 8.26. The van der Waals surface area contributed by atoms with Gasteiger partial charge in [-0.2, -0.15) is 11.8 Å². The maximum Gasteiger partial charge on any atom is 0.297 e. The first kappa shape index (κ1) is 21.7. The summed E-state index contributed by atoms with van der Waals surface area (Å²) in [5.74, 6) is 2.11. The third-order valence-electron chi connectivity index (χ3n) is 4.79. The van der Waals surface area contributed by atoms with Crippen LogP contribution in [0.4, 0.5) is 0 Å². The number of amides is 1. The highest BCUT2D eigenvalue weighted by molar-refractivity contribution is 7.98. The van der Waals surface area contributed by atoms with Gasteiger partial charge in [0.1, 0.15) is 5.75 Å². The van der Waals surface area contributed by atoms with Gasteiger partial charge in [0.25, 0.3) is 11.9 Å². The molecule has 4 nitrogen and oxygen atoms in total. The first-order chi connectivity index (χ1) is 15.8. The molecule has 4 aromatic rings. The van der Waals surface area contributed by atoms with Crippen molar-refractivity contribution >= 4 is 34.5 Å². The Bertz CT molecular complexity index is 1190. The van der Waals surface area contributed by atoms with Gasteiger partial charge in [-0.25, -0.2) is 4.99 Å². The lowest BCUT2D eigenvalue weighted by Gasteiger charge is -2.10. The molecular weight excluding hydrogens is 416 g/mol. The maximum absolute atomic E-state index is 12.5. The number of amidine groups is 1. The molecule has 0 bridgehead atoms. The van der Waals surface area contributed by atoms with E-state index in [9.17, 15) is 4.79 Å². The summed E-state index contributed by atoms with van der Waals surface area (Å²) >= 11 is 1.80. The number of benzene rings is 4. The van der Waals surface area contributed by atoms with Crippen molar-refractivity contribution in [2.45, 2.75) is 5.75 Å². The molecule has 0 fully saturated rings. The maximum atomic E-state index is 12.5. The number of nitrogens with zero attached hydrogens (tertiary/aromatic N) is 1. The average molecular weight is 441 g/mol. The van der Waals surface area contributed by atoms with Crippen LogP contribution in [0.2, 0.25) is 0 Å². The Morgan fingerprint density at radius 2 is 1.50 bits per heavy atom. The molecule has 0 heterocycles. The van der Waals surface area contributed by atoms with Gasteiger partial charge in [0.15, 0.2) is 0 Å². The van der Waals surface area contributed by atoms with Crippen molar-refractivity contribution in [3.63, 3.8) is 0 Å². The number of para-hydroxylation sites is 1. The van der Waals surface area contributed by atoms with E-state index in [-0.39, 0.29) is 11.9 Å². The van der Waals surface area contributed by atoms with E-state index in [1.54, 1.807) is 23.9 Å². The minimum atomic E-state index is -0.246. The number of carbonyl (C=O) groups is 1. The standard InChI is InChI=1S/C27H24N2O2S/c30-26(23-10-3-1-4-11-23)29-27(31-25-13-5-2-6-14-25)28-17-18-32-20-21-15-16-22-9-7-8-12-24(22)19-21/h1-16,19H,17-18,20H2,(H,28,29,30). The summed E-state index contributed by atoms with van der Waals surface area (Å²) in [5, 5.41) is 5.30. The van der Waals surface area contributed by atoms with Crippen LogP contribution in [0.3, 0.4) is 0 Å². The van der Waals surface area contributed by atoms with E-state index in [1.807, 2.05) is 48.5 Å². The number of aliphatic imine (C=N–C) groups is 1. The van der Waals surface area contributed by atoms with Crippen molar-refractivity contribution in [1.82, 2.24) is 5.32 Å². The van der Waals surface area contributed by atoms with E-state index in [0.717, 1.165) is 11.5 Å². The van der Waals surface area contributed by atoms with E-state index in [1.165, 1.54) is 16.3 Å². The van der Waals surface area contributed by atoms with Gasteiger partial charge in [-0.3, -0.25) is 10.1 Å². The van der Waals surface area contributed by atoms with Crippen molar-refractivity contribution in [1.29, 1.82) is 0 Å². The van der Waals surface area contributed by atoms with Gasteiger partial charge in [-0.05, 0) is 40.6 Å². The first-order valence-corrected chi connectivity index (χ1v) is 11.6. The zero-order valence-corrected chi connectivity index (χ0v) is 18.4. The molecule has 4 aromatic carbocycles. The zero-order chi connectivity index (χ0) is 22.0. The van der Waals surface area contributed by atoms with Crippen molar-refractivity contribution < 1.29 is 9.53 Å². The highest BCUT2D eigenvalue weighted by atomic mass is 32.2. The van der Waals surface area contributed by atoms with Gasteiger partial charge < -0.3 is 4.74 Å². The Hall–Kier alpha value is -3.57. The molecule has 4 rings (SSSR count). The number of carbonyl (C=O) groups excluding carboxylic acids is 1. The summed E-state index contributed by atoms with van der Waals surface area (Å²) in [7, 11) is 0. The fraction of sp³-hybridized carbons (Fsp3) is 0.111. The summed E-state index contributed by atoms with van der Waals surface area (Å²) in [6.45, 7) is 0.537. The number of hydrogen-bond donors (Lipinski definition) is 1. The second kappa shape index (κ2) is 11.2. The lowest BCUT2D eigenvalue weighted by molar-refractivity contribution is 0.0971. The molecule has 1 amide bonds. The highest BCUT2D eigenvalue weighted by Gasteiger charge is 2.10. The van der Waals surface area contributed by atoms with Crippen LogP contribution in [0.25, 0.3) is 10.8 Å². The van der Waals surface area contributed by atoms with Crippen LogP contribution in [0.5, 0.6) is 5.75 Å². The molecule has 0 atom stereocenters. The Morgan fingerprint density at radius 1 is 0.812 bits per heavy atom. The molecule has 1 N–H and O–H groups in total. The van der Waals surface area contributed by atoms with Gasteiger partial charge in [0, 0.05) is 17.1 Å². The number of ether oxygens (including phenoxy) is 1. The lowest BCUT2D eigenvalue weighted by atomic mass is 10.1. The van der Waals surface area contributed by atoms with Gasteiger partial charge in [-0.15, -0.1) is 0 Å². The van der Waals surface area contributed by atoms with E-state index in [0.29, 0.717) is 17.9 Å². The molecule has 0 aliphatic heterocycles. The topological polar surface area (TPSA) is 50.7 Å². The second-order valence-electron chi connectivity index (χ2n) is 7.16. The van der Waals surface area contributed by atoms with Crippen molar-refractivity contribution in [3.8, 4) is 5.75 Å². The molecule has 5 heteroatoms. The van der Waals surface area contributed by atoms with Crippen LogP contribution in [0.1, 0.15) is 15.9 Å². The molecule has 0 aromatic heterocycles. The van der Waals surface area contributed by atoms with Crippen LogP contribution in [-0.2, 0) is 5.75 Å². The van der Waals surface area contributed by atoms with Crippen molar-refractivity contribution in [3.05, 3.63) is 114 Å². The fourth-order valence-corrected chi connectivity index (χ4v) is 3.97. The molecular formula is C27H24N2O2S. The molecule has 0 unspecified atom stereocenters. The molecule has 0 aliphatic rings. The zero-order valence-electron chi connectivity index (χ0n) is 17.6. The number of rotatable bonds is 7. The highest BCUT2D eigenvalue weighted by Crippen LogP contribution is 2.19. The summed E-state index contributed by atoms with van der Waals surface area (Å²) < 4.78 is 5.83. The van der Waals surface area contributed by atoms with Crippen LogP contribution in [-0.4, -0.2) is 24.2 Å². The number of nitrogens with one attached hydrogen (secondary N) is 1. The lowest BCUT2D eigenvalue weighted by Crippen LogP contribution is -2.35. The average Bonchev–Trinajstić information content (AvgIpc) is 2.85. The summed E-state index contributed by atoms with van der Waals surface area (Å²) in [4.78, 5) is 17.1. The van der Waals surface area contributed by atoms with Gasteiger partial charge >= 0.3 is 0 Å². The third-order valence-corrected chi connectivity index (χ3v) is 5.80. The predicted molar refractivity (Wildman–Crippen MR) is 133 cm³/mol. The quantitative estimate of drug-likeness (QED) is 0.220. The Labute approximate surface area is 192 Å². The minimum Gasteiger partial charge on any atom is -0.426 e. The smallest absolute Gasteiger partial charge is 0.297 e. The Morgan fingerprint density at radius 3 is 2.28 bits per heavy atom. The summed E-state index contributed by atoms with van der Waals surface area (Å²) in [6, 6.07) is 33.5. The van der Waals surface area contributed by atoms with Crippen LogP contribution >= 0.6 is 11.8 Å². The SMILES string of the molecule is O=C(NC(=NCCSCc1ccc2ccccc2c1)Oc1ccccc1)c1ccccc1. The largest absolute Gasteiger partial charge is 0.426 e. The van der Waals surface area contributed by atoms with Crippen LogP contribution < -0.4 is 10.1 Å². The van der Waals surface area contributed by atoms with Crippen molar-refractivity contribution in [2.24, 2.45) is 4.99 Å². The predicted octanol–water partition coefficient (Wildman–Crippen LogP) is 5.94. The monoisotopic (exact) mass is 440 g/mol.